The molecule has 0 N–H and O–H groups in total. The molecule has 0 bridgehead atoms. The van der Waals surface area contributed by atoms with Gasteiger partial charge in [-0.05, 0) is 81.5 Å². The van der Waals surface area contributed by atoms with E-state index in [1.807, 2.05) is 0 Å². The second kappa shape index (κ2) is 12.6. The number of halogens is 3. The van der Waals surface area contributed by atoms with Crippen LogP contribution in [0.15, 0.2) is 60.7 Å². The summed E-state index contributed by atoms with van der Waals surface area (Å²) >= 11 is 0. The minimum atomic E-state index is -4.42. The highest BCUT2D eigenvalue weighted by Crippen LogP contribution is 2.31. The van der Waals surface area contributed by atoms with Gasteiger partial charge < -0.3 is 18.9 Å². The number of carbonyl (C=O) groups is 3. The third-order valence-electron chi connectivity index (χ3n) is 4.42. The molecule has 0 aliphatic rings. The van der Waals surface area contributed by atoms with Crippen molar-refractivity contribution in [2.24, 2.45) is 5.92 Å². The number of ketones is 1. The fourth-order valence-corrected chi connectivity index (χ4v) is 2.79. The Labute approximate surface area is 200 Å². The fourth-order valence-electron chi connectivity index (χ4n) is 2.79. The fraction of sp³-hybridized carbons (Fsp3) is 0.320. The molecule has 2 aromatic carbocycles. The van der Waals surface area contributed by atoms with Crippen molar-refractivity contribution in [1.82, 2.24) is 0 Å². The molecule has 0 heterocycles. The van der Waals surface area contributed by atoms with Crippen LogP contribution in [-0.4, -0.2) is 37.0 Å². The van der Waals surface area contributed by atoms with Gasteiger partial charge in [-0.3, -0.25) is 14.4 Å². The highest BCUT2D eigenvalue weighted by atomic mass is 19.4. The molecule has 0 aliphatic carbocycles. The third kappa shape index (κ3) is 8.47. The maximum Gasteiger partial charge on any atom is 0.416 e. The van der Waals surface area contributed by atoms with Gasteiger partial charge in [0, 0.05) is 0 Å². The Kier molecular flexibility index (Phi) is 9.86. The van der Waals surface area contributed by atoms with Crippen LogP contribution in [0.2, 0.25) is 0 Å². The van der Waals surface area contributed by atoms with Crippen molar-refractivity contribution >= 4 is 17.7 Å². The van der Waals surface area contributed by atoms with E-state index in [2.05, 4.69) is 0 Å². The van der Waals surface area contributed by atoms with E-state index in [1.165, 1.54) is 18.2 Å². The molecule has 1 atom stereocenters. The number of alkyl halides is 3. The van der Waals surface area contributed by atoms with Crippen LogP contribution in [-0.2, 0) is 30.0 Å². The first kappa shape index (κ1) is 27.4. The molecule has 2 rings (SSSR count). The molecule has 10 heteroatoms. The molecule has 0 fully saturated rings. The molecule has 0 saturated heterocycles. The van der Waals surface area contributed by atoms with Crippen molar-refractivity contribution in [2.75, 3.05) is 13.2 Å². The molecule has 188 valence electrons. The van der Waals surface area contributed by atoms with Crippen LogP contribution in [0.3, 0.4) is 0 Å². The van der Waals surface area contributed by atoms with E-state index in [-0.39, 0.29) is 19.0 Å². The number of esters is 2. The van der Waals surface area contributed by atoms with E-state index in [0.717, 1.165) is 18.2 Å². The quantitative estimate of drug-likeness (QED) is 0.243. The Morgan fingerprint density at radius 3 is 1.74 bits per heavy atom. The summed E-state index contributed by atoms with van der Waals surface area (Å²) in [6, 6.07) is 10.6. The minimum Gasteiger partial charge on any atom is -0.487 e. The highest BCUT2D eigenvalue weighted by Gasteiger charge is 2.35. The predicted molar refractivity (Wildman–Crippen MR) is 119 cm³/mol. The van der Waals surface area contributed by atoms with Crippen LogP contribution in [0.1, 0.15) is 26.3 Å². The van der Waals surface area contributed by atoms with Gasteiger partial charge in [0.1, 0.15) is 23.4 Å². The zero-order chi connectivity index (χ0) is 26.0. The number of hydrogen-bond donors (Lipinski definition) is 0. The summed E-state index contributed by atoms with van der Waals surface area (Å²) in [7, 11) is 0. The van der Waals surface area contributed by atoms with Crippen molar-refractivity contribution in [2.45, 2.75) is 33.1 Å². The Hall–Kier alpha value is -3.82. The van der Waals surface area contributed by atoms with Crippen LogP contribution in [0.4, 0.5) is 13.2 Å². The van der Waals surface area contributed by atoms with Gasteiger partial charge in [-0.25, -0.2) is 0 Å². The second-order valence-electron chi connectivity index (χ2n) is 7.12. The normalized spacial score (nSPS) is 12.3. The lowest BCUT2D eigenvalue weighted by Gasteiger charge is -2.13. The van der Waals surface area contributed by atoms with E-state index in [9.17, 15) is 27.6 Å². The summed E-state index contributed by atoms with van der Waals surface area (Å²) < 4.78 is 58.7. The number of ether oxygens (including phenoxy) is 4. The smallest absolute Gasteiger partial charge is 0.416 e. The predicted octanol–water partition coefficient (Wildman–Crippen LogP) is 5.13. The van der Waals surface area contributed by atoms with Gasteiger partial charge in [0.25, 0.3) is 0 Å². The molecule has 7 nitrogen and oxygen atoms in total. The Morgan fingerprint density at radius 1 is 0.829 bits per heavy atom. The van der Waals surface area contributed by atoms with E-state index in [4.69, 9.17) is 18.9 Å². The van der Waals surface area contributed by atoms with Crippen LogP contribution >= 0.6 is 0 Å². The first-order valence-corrected chi connectivity index (χ1v) is 10.7. The molecule has 0 aliphatic heterocycles. The van der Waals surface area contributed by atoms with E-state index in [1.54, 1.807) is 45.0 Å². The van der Waals surface area contributed by atoms with Gasteiger partial charge in [0.05, 0.1) is 18.8 Å². The molecule has 0 aromatic heterocycles. The molecular weight excluding hydrogens is 469 g/mol. The molecule has 0 saturated carbocycles. The van der Waals surface area contributed by atoms with Crippen molar-refractivity contribution in [3.63, 3.8) is 0 Å². The minimum absolute atomic E-state index is 0.00379. The van der Waals surface area contributed by atoms with E-state index in [0.29, 0.717) is 11.5 Å². The topological polar surface area (TPSA) is 88.1 Å². The lowest BCUT2D eigenvalue weighted by molar-refractivity contribution is -0.163. The summed E-state index contributed by atoms with van der Waals surface area (Å²) in [5.74, 6) is -3.45. The molecule has 0 spiro atoms. The van der Waals surface area contributed by atoms with Gasteiger partial charge in [-0.1, -0.05) is 0 Å². The monoisotopic (exact) mass is 494 g/mol. The lowest BCUT2D eigenvalue weighted by atomic mass is 10.0. The van der Waals surface area contributed by atoms with E-state index >= 15 is 0 Å². The molecule has 35 heavy (non-hydrogen) atoms. The Bertz CT molecular complexity index is 1010. The number of allylic oxidation sites excluding steroid dienone is 1. The number of rotatable bonds is 11. The number of benzene rings is 2. The average molecular weight is 494 g/mol. The van der Waals surface area contributed by atoms with E-state index < -0.39 is 41.5 Å². The molecule has 0 amide bonds. The van der Waals surface area contributed by atoms with Gasteiger partial charge >= 0.3 is 18.1 Å². The molecule has 1 unspecified atom stereocenters. The SMILES string of the molecule is CCOC(=O)C(C(=O)C=CC(C)Oc1ccc(Oc2ccc(C(F)(F)F)cc2)cc1)C(=O)OCC. The summed E-state index contributed by atoms with van der Waals surface area (Å²) in [6.45, 7) is 4.75. The van der Waals surface area contributed by atoms with Crippen LogP contribution in [0.5, 0.6) is 17.2 Å². The van der Waals surface area contributed by atoms with Crippen molar-refractivity contribution in [3.8, 4) is 17.2 Å². The van der Waals surface area contributed by atoms with Gasteiger partial charge in [-0.15, -0.1) is 0 Å². The van der Waals surface area contributed by atoms with Gasteiger partial charge in [-0.2, -0.15) is 13.2 Å². The second-order valence-corrected chi connectivity index (χ2v) is 7.12. The number of hydrogen-bond acceptors (Lipinski definition) is 7. The summed E-state index contributed by atoms with van der Waals surface area (Å²) in [5.41, 5.74) is -0.773. The van der Waals surface area contributed by atoms with Crippen molar-refractivity contribution < 1.29 is 46.5 Å². The van der Waals surface area contributed by atoms with Crippen LogP contribution in [0.25, 0.3) is 0 Å². The standard InChI is InChI=1S/C25H25F3O7/c1-4-32-23(30)22(24(31)33-5-2)21(29)15-6-16(3)34-18-11-13-20(14-12-18)35-19-9-7-17(8-10-19)25(26,27)28/h6-16,22H,4-5H2,1-3H3. The first-order chi connectivity index (χ1) is 16.5. The number of carbonyl (C=O) groups excluding carboxylic acids is 3. The van der Waals surface area contributed by atoms with Gasteiger partial charge in [0.2, 0.25) is 5.92 Å². The van der Waals surface area contributed by atoms with Crippen molar-refractivity contribution in [1.29, 1.82) is 0 Å². The molecule has 0 radical (unpaired) electrons. The molecule has 2 aromatic rings. The van der Waals surface area contributed by atoms with Crippen molar-refractivity contribution in [3.05, 3.63) is 66.2 Å². The summed E-state index contributed by atoms with van der Waals surface area (Å²) in [5, 5.41) is 0. The largest absolute Gasteiger partial charge is 0.487 e. The highest BCUT2D eigenvalue weighted by molar-refractivity contribution is 6.18. The first-order valence-electron chi connectivity index (χ1n) is 10.7. The lowest BCUT2D eigenvalue weighted by Crippen LogP contribution is -2.34. The Balaban J connectivity index is 1.97. The maximum atomic E-state index is 12.6. The van der Waals surface area contributed by atoms with Crippen LogP contribution < -0.4 is 9.47 Å². The zero-order valence-corrected chi connectivity index (χ0v) is 19.3. The van der Waals surface area contributed by atoms with Crippen LogP contribution in [0, 0.1) is 5.92 Å². The third-order valence-corrected chi connectivity index (χ3v) is 4.42. The zero-order valence-electron chi connectivity index (χ0n) is 19.3. The average Bonchev–Trinajstić information content (AvgIpc) is 2.79. The molecular formula is C25H25F3O7. The maximum absolute atomic E-state index is 12.6. The summed E-state index contributed by atoms with van der Waals surface area (Å²) in [4.78, 5) is 36.4. The van der Waals surface area contributed by atoms with Gasteiger partial charge in [0.15, 0.2) is 5.78 Å². The summed E-state index contributed by atoms with van der Waals surface area (Å²) in [6.07, 6.45) is -2.59. The Morgan fingerprint density at radius 2 is 1.29 bits per heavy atom.